The van der Waals surface area contributed by atoms with Crippen molar-refractivity contribution in [3.63, 3.8) is 0 Å². The molecule has 0 radical (unpaired) electrons. The minimum atomic E-state index is -0.845. The maximum absolute atomic E-state index is 12.5. The van der Waals surface area contributed by atoms with Crippen LogP contribution >= 0.6 is 11.6 Å². The molecule has 1 fully saturated rings. The molecule has 6 heteroatoms. The Morgan fingerprint density at radius 1 is 1.63 bits per heavy atom. The van der Waals surface area contributed by atoms with Crippen LogP contribution in [0.1, 0.15) is 24.6 Å². The number of pyridine rings is 1. The molecule has 1 atom stereocenters. The van der Waals surface area contributed by atoms with Crippen molar-refractivity contribution in [2.24, 2.45) is 0 Å². The van der Waals surface area contributed by atoms with Crippen LogP contribution in [0.2, 0.25) is 5.15 Å². The quantitative estimate of drug-likeness (QED) is 0.803. The molecule has 2 aliphatic rings. The van der Waals surface area contributed by atoms with Gasteiger partial charge >= 0.3 is 0 Å². The van der Waals surface area contributed by atoms with Gasteiger partial charge in [-0.15, -0.1) is 0 Å². The Balaban J connectivity index is 2.12. The van der Waals surface area contributed by atoms with E-state index in [4.69, 9.17) is 17.8 Å². The van der Waals surface area contributed by atoms with Crippen LogP contribution in [0.3, 0.4) is 0 Å². The molecule has 0 bridgehead atoms. The third-order valence-electron chi connectivity index (χ3n) is 4.05. The Labute approximate surface area is 117 Å². The van der Waals surface area contributed by atoms with Crippen molar-refractivity contribution >= 4 is 17.5 Å². The van der Waals surface area contributed by atoms with Crippen LogP contribution in [0, 0.1) is 0 Å². The van der Waals surface area contributed by atoms with Crippen LogP contribution in [0.25, 0.3) is 0 Å². The molecule has 3 rings (SSSR count). The third-order valence-corrected chi connectivity index (χ3v) is 4.26. The molecule has 1 aromatic heterocycles. The number of carbonyl (C=O) groups excluding carboxylic acids is 1. The highest BCUT2D eigenvalue weighted by molar-refractivity contribution is 6.29. The largest absolute Gasteiger partial charge is 0.396 e. The molecular formula is C13H15ClN2O3. The molecule has 1 unspecified atom stereocenters. The maximum atomic E-state index is 12.5. The van der Waals surface area contributed by atoms with E-state index in [-0.39, 0.29) is 12.5 Å². The van der Waals surface area contributed by atoms with Gasteiger partial charge < -0.3 is 15.2 Å². The topological polar surface area (TPSA) is 71.5 Å². The molecule has 2 N–H and O–H groups in total. The molecule has 0 aromatic carbocycles. The predicted octanol–water partition coefficient (Wildman–Crippen LogP) is 0.730. The summed E-state index contributed by atoms with van der Waals surface area (Å²) < 4.78 is 12.1. The Bertz CT molecular complexity index is 565. The number of halogens is 1. The number of nitrogens with one attached hydrogen (secondary N) is 1. The van der Waals surface area contributed by atoms with Crippen LogP contribution in [0.15, 0.2) is 12.1 Å². The van der Waals surface area contributed by atoms with Gasteiger partial charge in [0.2, 0.25) is 7.34 Å². The van der Waals surface area contributed by atoms with Gasteiger partial charge in [0.15, 0.2) is 0 Å². The van der Waals surface area contributed by atoms with Crippen molar-refractivity contribution in [2.45, 2.75) is 24.3 Å². The number of hydrogen-bond acceptors (Lipinski definition) is 4. The van der Waals surface area contributed by atoms with Gasteiger partial charge in [0.1, 0.15) is 10.7 Å². The molecule has 1 spiro atoms. The van der Waals surface area contributed by atoms with Crippen LogP contribution < -0.4 is 5.32 Å². The Hall–Kier alpha value is -1.17. The summed E-state index contributed by atoms with van der Waals surface area (Å²) in [6.45, 7) is 2.84. The number of ether oxygens (including phenoxy) is 1. The Morgan fingerprint density at radius 3 is 3.05 bits per heavy atom. The van der Waals surface area contributed by atoms with Crippen LogP contribution in [0.5, 0.6) is 0 Å². The second kappa shape index (κ2) is 4.16. The molecule has 2 aliphatic heterocycles. The van der Waals surface area contributed by atoms with Crippen LogP contribution in [0.4, 0.5) is 0 Å². The molecule has 0 saturated carbocycles. The number of aromatic nitrogens is 1. The molecule has 1 amide bonds. The van der Waals surface area contributed by atoms with E-state index in [2.05, 4.69) is 15.4 Å². The molecule has 5 nitrogen and oxygen atoms in total. The number of aliphatic hydroxyl groups excluding tert-OH is 1. The molecule has 102 valence electrons. The number of aliphatic hydroxyl groups is 1. The van der Waals surface area contributed by atoms with Crippen molar-refractivity contribution in [1.29, 1.82) is 1.43 Å². The van der Waals surface area contributed by atoms with E-state index in [0.29, 0.717) is 30.5 Å². The summed E-state index contributed by atoms with van der Waals surface area (Å²) >= 11 is 6.00. The molecule has 0 aliphatic carbocycles. The summed E-state index contributed by atoms with van der Waals surface area (Å²) in [5, 5.41) is 7.77. The fourth-order valence-corrected chi connectivity index (χ4v) is 2.89. The smallest absolute Gasteiger partial charge is 0.232 e. The number of carbonyl (C=O) groups is 1. The van der Waals surface area contributed by atoms with Gasteiger partial charge in [-0.25, -0.2) is 4.98 Å². The second-order valence-electron chi connectivity index (χ2n) is 5.35. The monoisotopic (exact) mass is 284 g/mol. The van der Waals surface area contributed by atoms with E-state index in [0.717, 1.165) is 5.56 Å². The highest BCUT2D eigenvalue weighted by Gasteiger charge is 2.54. The SMILES string of the molecule is [3H]OCCC1(C)C(=O)NC2(COC2)c2ccc(Cl)nc21. The van der Waals surface area contributed by atoms with Crippen molar-refractivity contribution < 1.29 is 14.6 Å². The van der Waals surface area contributed by atoms with Crippen molar-refractivity contribution in [1.82, 2.24) is 10.3 Å². The summed E-state index contributed by atoms with van der Waals surface area (Å²) in [7, 11) is 0. The first-order valence-corrected chi connectivity index (χ1v) is 6.56. The van der Waals surface area contributed by atoms with Crippen molar-refractivity contribution in [3.05, 3.63) is 28.5 Å². The maximum Gasteiger partial charge on any atom is 0.232 e. The standard InChI is InChI=1S/C13H15ClN2O3/c1-12(4-5-17)10-8(2-3-9(14)15-10)13(6-19-7-13)16-11(12)18/h2-3,17H,4-7H2,1H3,(H,16,18)/i17T. The zero-order chi connectivity index (χ0) is 14.4. The summed E-state index contributed by atoms with van der Waals surface area (Å²) in [6.07, 6.45) is 0.375. The lowest BCUT2D eigenvalue weighted by Gasteiger charge is -2.49. The first-order chi connectivity index (χ1) is 9.52. The lowest BCUT2D eigenvalue weighted by Crippen LogP contribution is -2.66. The lowest BCUT2D eigenvalue weighted by molar-refractivity contribution is -0.143. The molecule has 19 heavy (non-hydrogen) atoms. The number of hydrogen-bond donors (Lipinski definition) is 2. The number of nitrogens with zero attached hydrogens (tertiary/aromatic N) is 1. The first-order valence-electron chi connectivity index (χ1n) is 6.59. The average Bonchev–Trinajstić information content (AvgIpc) is 2.39. The second-order valence-corrected chi connectivity index (χ2v) is 5.73. The summed E-state index contributed by atoms with van der Waals surface area (Å²) in [5.74, 6) is -0.125. The van der Waals surface area contributed by atoms with E-state index in [1.807, 2.05) is 6.07 Å². The number of fused-ring (bicyclic) bond motifs is 2. The van der Waals surface area contributed by atoms with Gasteiger partial charge in [0, 0.05) is 12.2 Å². The zero-order valence-electron chi connectivity index (χ0n) is 11.5. The van der Waals surface area contributed by atoms with Gasteiger partial charge in [-0.1, -0.05) is 17.7 Å². The van der Waals surface area contributed by atoms with E-state index in [1.165, 1.54) is 0 Å². The number of rotatable bonds is 3. The fraction of sp³-hybridized carbons (Fsp3) is 0.538. The lowest BCUT2D eigenvalue weighted by atomic mass is 9.70. The highest BCUT2D eigenvalue weighted by atomic mass is 35.5. The van der Waals surface area contributed by atoms with Gasteiger partial charge in [0.25, 0.3) is 0 Å². The molecule has 1 saturated heterocycles. The summed E-state index contributed by atoms with van der Waals surface area (Å²) in [6, 6.07) is 3.62. The minimum absolute atomic E-state index is 0.125. The highest BCUT2D eigenvalue weighted by Crippen LogP contribution is 2.43. The molecular weight excluding hydrogens is 268 g/mol. The predicted molar refractivity (Wildman–Crippen MR) is 68.9 cm³/mol. The zero-order valence-corrected chi connectivity index (χ0v) is 11.3. The van der Waals surface area contributed by atoms with Crippen LogP contribution in [-0.2, 0) is 20.5 Å². The van der Waals surface area contributed by atoms with Gasteiger partial charge in [-0.3, -0.25) is 4.79 Å². The average molecular weight is 285 g/mol. The van der Waals surface area contributed by atoms with Gasteiger partial charge in [-0.2, -0.15) is 0 Å². The Morgan fingerprint density at radius 2 is 2.42 bits per heavy atom. The fourth-order valence-electron chi connectivity index (χ4n) is 2.74. The van der Waals surface area contributed by atoms with Gasteiger partial charge in [-0.05, 0) is 19.4 Å². The Kier molecular flexibility index (Phi) is 2.55. The van der Waals surface area contributed by atoms with Crippen molar-refractivity contribution in [2.75, 3.05) is 19.8 Å². The summed E-state index contributed by atoms with van der Waals surface area (Å²) in [4.78, 5) is 16.9. The number of amides is 1. The minimum Gasteiger partial charge on any atom is -0.396 e. The van der Waals surface area contributed by atoms with E-state index in [1.54, 1.807) is 13.0 Å². The normalized spacial score (nSPS) is 28.3. The van der Waals surface area contributed by atoms with E-state index >= 15 is 0 Å². The third kappa shape index (κ3) is 1.69. The summed E-state index contributed by atoms with van der Waals surface area (Å²) in [5.41, 5.74) is 0.280. The first kappa shape index (κ1) is 11.6. The van der Waals surface area contributed by atoms with E-state index in [9.17, 15) is 4.79 Å². The van der Waals surface area contributed by atoms with Crippen LogP contribution in [-0.4, -0.2) is 37.3 Å². The van der Waals surface area contributed by atoms with E-state index < -0.39 is 11.0 Å². The molecule has 3 heterocycles. The molecule has 1 aromatic rings. The van der Waals surface area contributed by atoms with Crippen molar-refractivity contribution in [3.8, 4) is 0 Å². The van der Waals surface area contributed by atoms with Gasteiger partial charge in [0.05, 0.1) is 24.3 Å².